The van der Waals surface area contributed by atoms with Gasteiger partial charge in [-0.3, -0.25) is 4.79 Å². The summed E-state index contributed by atoms with van der Waals surface area (Å²) in [5.74, 6) is 0.0851. The zero-order valence-electron chi connectivity index (χ0n) is 10.5. The molecule has 0 bridgehead atoms. The highest BCUT2D eigenvalue weighted by atomic mass is 16.3. The lowest BCUT2D eigenvalue weighted by Gasteiger charge is -2.32. The van der Waals surface area contributed by atoms with Gasteiger partial charge in [0.1, 0.15) is 0 Å². The molecule has 0 spiro atoms. The Bertz CT molecular complexity index is 225. The molecular formula is C12H24N2O2. The summed E-state index contributed by atoms with van der Waals surface area (Å²) in [7, 11) is 1.79. The molecule has 1 fully saturated rings. The van der Waals surface area contributed by atoms with Crippen molar-refractivity contribution >= 4 is 5.91 Å². The molecule has 16 heavy (non-hydrogen) atoms. The van der Waals surface area contributed by atoms with Crippen LogP contribution in [0.2, 0.25) is 0 Å². The summed E-state index contributed by atoms with van der Waals surface area (Å²) in [6.45, 7) is 3.54. The van der Waals surface area contributed by atoms with Gasteiger partial charge in [0.15, 0.2) is 0 Å². The molecule has 0 aromatic rings. The minimum atomic E-state index is -0.580. The van der Waals surface area contributed by atoms with Crippen LogP contribution in [0, 0.1) is 0 Å². The molecule has 0 aromatic heterocycles. The summed E-state index contributed by atoms with van der Waals surface area (Å²) < 4.78 is 0. The lowest BCUT2D eigenvalue weighted by atomic mass is 9.85. The largest absolute Gasteiger partial charge is 0.389 e. The molecule has 2 N–H and O–H groups in total. The SMILES string of the molecule is CCN(C)C(=O)CNCC1(O)CCCCC1. The van der Waals surface area contributed by atoms with Gasteiger partial charge in [-0.1, -0.05) is 19.3 Å². The number of rotatable bonds is 5. The molecule has 0 radical (unpaired) electrons. The molecule has 1 amide bonds. The molecule has 1 saturated carbocycles. The van der Waals surface area contributed by atoms with Crippen molar-refractivity contribution in [3.8, 4) is 0 Å². The van der Waals surface area contributed by atoms with Gasteiger partial charge in [0.2, 0.25) is 5.91 Å². The van der Waals surface area contributed by atoms with Crippen molar-refractivity contribution in [3.63, 3.8) is 0 Å². The highest BCUT2D eigenvalue weighted by molar-refractivity contribution is 5.77. The Morgan fingerprint density at radius 2 is 2.00 bits per heavy atom. The van der Waals surface area contributed by atoms with E-state index in [-0.39, 0.29) is 5.91 Å². The Labute approximate surface area is 98.0 Å². The van der Waals surface area contributed by atoms with Gasteiger partial charge in [-0.05, 0) is 19.8 Å². The molecule has 1 aliphatic carbocycles. The number of nitrogens with zero attached hydrogens (tertiary/aromatic N) is 1. The van der Waals surface area contributed by atoms with E-state index in [9.17, 15) is 9.90 Å². The molecule has 0 aromatic carbocycles. The van der Waals surface area contributed by atoms with E-state index in [1.165, 1.54) is 6.42 Å². The fourth-order valence-electron chi connectivity index (χ4n) is 2.10. The molecule has 0 aliphatic heterocycles. The predicted molar refractivity (Wildman–Crippen MR) is 64.2 cm³/mol. The van der Waals surface area contributed by atoms with Gasteiger partial charge in [-0.25, -0.2) is 0 Å². The van der Waals surface area contributed by atoms with E-state index in [0.29, 0.717) is 13.1 Å². The highest BCUT2D eigenvalue weighted by Crippen LogP contribution is 2.27. The first-order valence-corrected chi connectivity index (χ1v) is 6.24. The van der Waals surface area contributed by atoms with Crippen molar-refractivity contribution < 1.29 is 9.90 Å². The fourth-order valence-corrected chi connectivity index (χ4v) is 2.10. The third kappa shape index (κ3) is 4.10. The maximum atomic E-state index is 11.5. The molecule has 94 valence electrons. The lowest BCUT2D eigenvalue weighted by molar-refractivity contribution is -0.128. The van der Waals surface area contributed by atoms with E-state index in [1.807, 2.05) is 6.92 Å². The van der Waals surface area contributed by atoms with E-state index >= 15 is 0 Å². The average molecular weight is 228 g/mol. The van der Waals surface area contributed by atoms with Crippen molar-refractivity contribution in [2.24, 2.45) is 0 Å². The summed E-state index contributed by atoms with van der Waals surface area (Å²) in [5.41, 5.74) is -0.580. The summed E-state index contributed by atoms with van der Waals surface area (Å²) in [6.07, 6.45) is 5.14. The third-order valence-electron chi connectivity index (χ3n) is 3.41. The van der Waals surface area contributed by atoms with E-state index in [0.717, 1.165) is 32.2 Å². The molecular weight excluding hydrogens is 204 g/mol. The van der Waals surface area contributed by atoms with Crippen molar-refractivity contribution in [1.29, 1.82) is 0 Å². The molecule has 0 atom stereocenters. The summed E-state index contributed by atoms with van der Waals surface area (Å²) in [6, 6.07) is 0. The van der Waals surface area contributed by atoms with Gasteiger partial charge >= 0.3 is 0 Å². The minimum Gasteiger partial charge on any atom is -0.389 e. The van der Waals surface area contributed by atoms with Crippen molar-refractivity contribution in [1.82, 2.24) is 10.2 Å². The Kier molecular flexibility index (Phi) is 5.22. The first-order chi connectivity index (χ1) is 7.57. The number of nitrogens with one attached hydrogen (secondary N) is 1. The zero-order valence-corrected chi connectivity index (χ0v) is 10.5. The molecule has 4 heteroatoms. The quantitative estimate of drug-likeness (QED) is 0.730. The van der Waals surface area contributed by atoms with E-state index < -0.39 is 5.60 Å². The van der Waals surface area contributed by atoms with Crippen LogP contribution in [0.1, 0.15) is 39.0 Å². The Morgan fingerprint density at radius 3 is 2.56 bits per heavy atom. The minimum absolute atomic E-state index is 0.0851. The number of amides is 1. The first kappa shape index (κ1) is 13.5. The highest BCUT2D eigenvalue weighted by Gasteiger charge is 2.28. The van der Waals surface area contributed by atoms with Crippen LogP contribution < -0.4 is 5.32 Å². The van der Waals surface area contributed by atoms with Crippen LogP contribution in [0.3, 0.4) is 0 Å². The van der Waals surface area contributed by atoms with Gasteiger partial charge in [0.25, 0.3) is 0 Å². The average Bonchev–Trinajstić information content (AvgIpc) is 2.28. The van der Waals surface area contributed by atoms with Crippen LogP contribution in [-0.4, -0.2) is 48.2 Å². The second kappa shape index (κ2) is 6.21. The maximum absolute atomic E-state index is 11.5. The molecule has 1 rings (SSSR count). The van der Waals surface area contributed by atoms with E-state index in [4.69, 9.17) is 0 Å². The monoisotopic (exact) mass is 228 g/mol. The topological polar surface area (TPSA) is 52.6 Å². The molecule has 4 nitrogen and oxygen atoms in total. The molecule has 0 heterocycles. The Morgan fingerprint density at radius 1 is 1.38 bits per heavy atom. The van der Waals surface area contributed by atoms with Crippen LogP contribution in [0.5, 0.6) is 0 Å². The fraction of sp³-hybridized carbons (Fsp3) is 0.917. The van der Waals surface area contributed by atoms with E-state index in [2.05, 4.69) is 5.32 Å². The van der Waals surface area contributed by atoms with Crippen molar-refractivity contribution in [2.45, 2.75) is 44.6 Å². The normalized spacial score (nSPS) is 19.4. The second-order valence-electron chi connectivity index (χ2n) is 4.80. The van der Waals surface area contributed by atoms with Gasteiger partial charge in [0, 0.05) is 20.1 Å². The molecule has 0 unspecified atom stereocenters. The number of aliphatic hydroxyl groups is 1. The number of carbonyl (C=O) groups is 1. The predicted octanol–water partition coefficient (Wildman–Crippen LogP) is 0.749. The first-order valence-electron chi connectivity index (χ1n) is 6.24. The summed E-state index contributed by atoms with van der Waals surface area (Å²) >= 11 is 0. The summed E-state index contributed by atoms with van der Waals surface area (Å²) in [4.78, 5) is 13.2. The van der Waals surface area contributed by atoms with Gasteiger partial charge in [0.05, 0.1) is 12.1 Å². The lowest BCUT2D eigenvalue weighted by Crippen LogP contribution is -2.45. The smallest absolute Gasteiger partial charge is 0.236 e. The Hall–Kier alpha value is -0.610. The van der Waals surface area contributed by atoms with E-state index in [1.54, 1.807) is 11.9 Å². The summed E-state index contributed by atoms with van der Waals surface area (Å²) in [5, 5.41) is 13.3. The number of hydrogen-bond donors (Lipinski definition) is 2. The number of likely N-dealkylation sites (N-methyl/N-ethyl adjacent to an activating group) is 1. The molecule has 0 saturated heterocycles. The van der Waals surface area contributed by atoms with Crippen molar-refractivity contribution in [2.75, 3.05) is 26.7 Å². The Balaban J connectivity index is 2.21. The number of hydrogen-bond acceptors (Lipinski definition) is 3. The number of carbonyl (C=O) groups excluding carboxylic acids is 1. The maximum Gasteiger partial charge on any atom is 0.236 e. The van der Waals surface area contributed by atoms with Crippen molar-refractivity contribution in [3.05, 3.63) is 0 Å². The van der Waals surface area contributed by atoms with Crippen LogP contribution >= 0.6 is 0 Å². The standard InChI is InChI=1S/C12H24N2O2/c1-3-14(2)11(15)9-13-10-12(16)7-5-4-6-8-12/h13,16H,3-10H2,1-2H3. The second-order valence-corrected chi connectivity index (χ2v) is 4.80. The van der Waals surface area contributed by atoms with Gasteiger partial charge < -0.3 is 15.3 Å². The molecule has 1 aliphatic rings. The van der Waals surface area contributed by atoms with Crippen LogP contribution in [0.15, 0.2) is 0 Å². The van der Waals surface area contributed by atoms with Crippen LogP contribution in [0.25, 0.3) is 0 Å². The third-order valence-corrected chi connectivity index (χ3v) is 3.41. The van der Waals surface area contributed by atoms with Gasteiger partial charge in [-0.2, -0.15) is 0 Å². The van der Waals surface area contributed by atoms with Gasteiger partial charge in [-0.15, -0.1) is 0 Å². The zero-order chi connectivity index (χ0) is 12.0. The van der Waals surface area contributed by atoms with Crippen LogP contribution in [-0.2, 0) is 4.79 Å². The van der Waals surface area contributed by atoms with Crippen LogP contribution in [0.4, 0.5) is 0 Å².